The Hall–Kier alpha value is -1.95. The second-order valence-corrected chi connectivity index (χ2v) is 3.72. The van der Waals surface area contributed by atoms with Crippen LogP contribution in [0, 0.1) is 0 Å². The number of nitrogens with zero attached hydrogens (tertiary/aromatic N) is 4. The second-order valence-electron chi connectivity index (χ2n) is 3.72. The summed E-state index contributed by atoms with van der Waals surface area (Å²) in [5.74, 6) is 1.60. The molecular weight excluding hydrogens is 230 g/mol. The van der Waals surface area contributed by atoms with Crippen molar-refractivity contribution in [2.45, 2.75) is 20.4 Å². The quantitative estimate of drug-likeness (QED) is 0.830. The Morgan fingerprint density at radius 2 is 2.22 bits per heavy atom. The first kappa shape index (κ1) is 12.5. The van der Waals surface area contributed by atoms with Crippen LogP contribution in [0.2, 0.25) is 0 Å². The van der Waals surface area contributed by atoms with E-state index in [0.29, 0.717) is 13.2 Å². The summed E-state index contributed by atoms with van der Waals surface area (Å²) < 4.78 is 7.18. The summed E-state index contributed by atoms with van der Waals surface area (Å²) in [6.45, 7) is 6.17. The van der Waals surface area contributed by atoms with E-state index in [1.54, 1.807) is 4.68 Å². The van der Waals surface area contributed by atoms with Gasteiger partial charge in [-0.05, 0) is 36.0 Å². The molecule has 0 saturated carbocycles. The van der Waals surface area contributed by atoms with E-state index in [2.05, 4.69) is 20.8 Å². The standard InChI is InChI=1S/C12H17N5O/c1-3-13-9-12-14-15-16-17(12)10-6-5-7-11(8-10)18-4-2/h5-8,13H,3-4,9H2,1-2H3. The van der Waals surface area contributed by atoms with Crippen molar-refractivity contribution in [1.29, 1.82) is 0 Å². The van der Waals surface area contributed by atoms with E-state index in [1.165, 1.54) is 0 Å². The minimum absolute atomic E-state index is 0.641. The molecule has 2 rings (SSSR count). The molecular formula is C12H17N5O. The summed E-state index contributed by atoms with van der Waals surface area (Å²) in [6, 6.07) is 7.73. The molecule has 0 saturated heterocycles. The molecule has 0 unspecified atom stereocenters. The lowest BCUT2D eigenvalue weighted by atomic mass is 10.3. The SMILES string of the molecule is CCNCc1nnnn1-c1cccc(OCC)c1. The maximum atomic E-state index is 5.47. The zero-order valence-corrected chi connectivity index (χ0v) is 10.6. The van der Waals surface area contributed by atoms with Crippen LogP contribution < -0.4 is 10.1 Å². The molecule has 6 nitrogen and oxygen atoms in total. The molecule has 0 radical (unpaired) electrons. The summed E-state index contributed by atoms with van der Waals surface area (Å²) in [5, 5.41) is 14.9. The van der Waals surface area contributed by atoms with E-state index in [9.17, 15) is 0 Å². The molecule has 0 aliphatic rings. The molecule has 1 aromatic carbocycles. The van der Waals surface area contributed by atoms with Crippen molar-refractivity contribution in [1.82, 2.24) is 25.5 Å². The molecule has 1 N–H and O–H groups in total. The third-order valence-electron chi connectivity index (χ3n) is 2.44. The second kappa shape index (κ2) is 6.11. The van der Waals surface area contributed by atoms with Gasteiger partial charge in [-0.25, -0.2) is 0 Å². The lowest BCUT2D eigenvalue weighted by Crippen LogP contribution is -2.16. The monoisotopic (exact) mass is 247 g/mol. The normalized spacial score (nSPS) is 10.6. The van der Waals surface area contributed by atoms with Crippen molar-refractivity contribution < 1.29 is 4.74 Å². The van der Waals surface area contributed by atoms with E-state index in [1.807, 2.05) is 38.1 Å². The largest absolute Gasteiger partial charge is 0.494 e. The van der Waals surface area contributed by atoms with Gasteiger partial charge in [0.25, 0.3) is 0 Å². The summed E-state index contributed by atoms with van der Waals surface area (Å²) in [5.41, 5.74) is 0.902. The number of tetrazole rings is 1. The van der Waals surface area contributed by atoms with Crippen LogP contribution in [0.4, 0.5) is 0 Å². The molecule has 0 spiro atoms. The number of nitrogens with one attached hydrogen (secondary N) is 1. The fourth-order valence-electron chi connectivity index (χ4n) is 1.63. The Labute approximate surface area is 106 Å². The molecule has 18 heavy (non-hydrogen) atoms. The zero-order chi connectivity index (χ0) is 12.8. The molecule has 0 aliphatic carbocycles. The van der Waals surface area contributed by atoms with Gasteiger partial charge in [-0.3, -0.25) is 0 Å². The highest BCUT2D eigenvalue weighted by Crippen LogP contribution is 2.16. The van der Waals surface area contributed by atoms with Gasteiger partial charge in [0.05, 0.1) is 18.8 Å². The topological polar surface area (TPSA) is 64.9 Å². The summed E-state index contributed by atoms with van der Waals surface area (Å²) in [4.78, 5) is 0. The van der Waals surface area contributed by atoms with Crippen molar-refractivity contribution in [3.05, 3.63) is 30.1 Å². The molecule has 2 aromatic rings. The van der Waals surface area contributed by atoms with Crippen molar-refractivity contribution in [3.8, 4) is 11.4 Å². The maximum Gasteiger partial charge on any atom is 0.170 e. The lowest BCUT2D eigenvalue weighted by molar-refractivity contribution is 0.340. The minimum atomic E-state index is 0.641. The van der Waals surface area contributed by atoms with E-state index >= 15 is 0 Å². The molecule has 1 aromatic heterocycles. The number of aromatic nitrogens is 4. The summed E-state index contributed by atoms with van der Waals surface area (Å²) in [6.07, 6.45) is 0. The van der Waals surface area contributed by atoms with Gasteiger partial charge >= 0.3 is 0 Å². The number of benzene rings is 1. The fourth-order valence-corrected chi connectivity index (χ4v) is 1.63. The Morgan fingerprint density at radius 1 is 1.33 bits per heavy atom. The lowest BCUT2D eigenvalue weighted by Gasteiger charge is -2.07. The van der Waals surface area contributed by atoms with Crippen LogP contribution in [0.5, 0.6) is 5.75 Å². The third kappa shape index (κ3) is 2.84. The highest BCUT2D eigenvalue weighted by atomic mass is 16.5. The average molecular weight is 247 g/mol. The molecule has 0 fully saturated rings. The van der Waals surface area contributed by atoms with Crippen LogP contribution in [-0.2, 0) is 6.54 Å². The van der Waals surface area contributed by atoms with E-state index in [4.69, 9.17) is 4.74 Å². The molecule has 0 bridgehead atoms. The van der Waals surface area contributed by atoms with Crippen LogP contribution in [0.1, 0.15) is 19.7 Å². The number of hydrogen-bond donors (Lipinski definition) is 1. The van der Waals surface area contributed by atoms with Gasteiger partial charge in [0, 0.05) is 6.07 Å². The Balaban J connectivity index is 2.24. The van der Waals surface area contributed by atoms with E-state index in [-0.39, 0.29) is 0 Å². The van der Waals surface area contributed by atoms with Crippen molar-refractivity contribution in [3.63, 3.8) is 0 Å². The Kier molecular flexibility index (Phi) is 4.25. The zero-order valence-electron chi connectivity index (χ0n) is 10.6. The van der Waals surface area contributed by atoms with Gasteiger partial charge in [0.1, 0.15) is 5.75 Å². The van der Waals surface area contributed by atoms with Crippen LogP contribution >= 0.6 is 0 Å². The summed E-state index contributed by atoms with van der Waals surface area (Å²) in [7, 11) is 0. The highest BCUT2D eigenvalue weighted by Gasteiger charge is 2.08. The number of hydrogen-bond acceptors (Lipinski definition) is 5. The van der Waals surface area contributed by atoms with E-state index in [0.717, 1.165) is 23.8 Å². The van der Waals surface area contributed by atoms with Gasteiger partial charge in [-0.2, -0.15) is 4.68 Å². The Bertz CT molecular complexity index is 497. The molecule has 0 amide bonds. The predicted molar refractivity (Wildman–Crippen MR) is 67.7 cm³/mol. The number of rotatable bonds is 6. The van der Waals surface area contributed by atoms with Crippen molar-refractivity contribution in [2.75, 3.05) is 13.2 Å². The van der Waals surface area contributed by atoms with Gasteiger partial charge in [-0.15, -0.1) is 5.10 Å². The molecule has 0 aliphatic heterocycles. The predicted octanol–water partition coefficient (Wildman–Crippen LogP) is 1.17. The molecule has 0 atom stereocenters. The van der Waals surface area contributed by atoms with E-state index < -0.39 is 0 Å². The van der Waals surface area contributed by atoms with Crippen molar-refractivity contribution in [2.24, 2.45) is 0 Å². The molecule has 1 heterocycles. The average Bonchev–Trinajstić information content (AvgIpc) is 2.85. The first-order valence-electron chi connectivity index (χ1n) is 6.06. The van der Waals surface area contributed by atoms with Crippen LogP contribution in [0.25, 0.3) is 5.69 Å². The van der Waals surface area contributed by atoms with Crippen LogP contribution in [0.15, 0.2) is 24.3 Å². The smallest absolute Gasteiger partial charge is 0.170 e. The van der Waals surface area contributed by atoms with Crippen LogP contribution in [0.3, 0.4) is 0 Å². The summed E-state index contributed by atoms with van der Waals surface area (Å²) >= 11 is 0. The van der Waals surface area contributed by atoms with Crippen molar-refractivity contribution >= 4 is 0 Å². The van der Waals surface area contributed by atoms with Crippen LogP contribution in [-0.4, -0.2) is 33.4 Å². The van der Waals surface area contributed by atoms with Gasteiger partial charge in [0.15, 0.2) is 5.82 Å². The first-order chi connectivity index (χ1) is 8.85. The minimum Gasteiger partial charge on any atom is -0.494 e. The first-order valence-corrected chi connectivity index (χ1v) is 6.06. The number of ether oxygens (including phenoxy) is 1. The fraction of sp³-hybridized carbons (Fsp3) is 0.417. The molecule has 96 valence electrons. The Morgan fingerprint density at radius 3 is 3.00 bits per heavy atom. The molecule has 6 heteroatoms. The maximum absolute atomic E-state index is 5.47. The van der Waals surface area contributed by atoms with Gasteiger partial charge < -0.3 is 10.1 Å². The van der Waals surface area contributed by atoms with Gasteiger partial charge in [0.2, 0.25) is 0 Å². The highest BCUT2D eigenvalue weighted by molar-refractivity contribution is 5.38. The third-order valence-corrected chi connectivity index (χ3v) is 2.44. The van der Waals surface area contributed by atoms with Gasteiger partial charge in [-0.1, -0.05) is 13.0 Å².